The Hall–Kier alpha value is -4.61. The number of nitro groups is 1. The molecule has 0 N–H and O–H groups in total. The Morgan fingerprint density at radius 3 is 2.34 bits per heavy atom. The van der Waals surface area contributed by atoms with E-state index < -0.39 is 46.9 Å². The van der Waals surface area contributed by atoms with Crippen molar-refractivity contribution < 1.29 is 32.1 Å². The van der Waals surface area contributed by atoms with Crippen molar-refractivity contribution in [1.29, 1.82) is 0 Å². The largest absolute Gasteiger partial charge is 0.416 e. The SMILES string of the molecule is CN(CC(=O)N1N=C(c2ccc(F)cc2)C[C@@H]1c1cccc([N+](=O)[O-])c1)C(=O)c1ccc(C(F)(F)F)cc1. The third-order valence-corrected chi connectivity index (χ3v) is 5.99. The molecule has 0 aliphatic carbocycles. The van der Waals surface area contributed by atoms with E-state index in [0.29, 0.717) is 16.8 Å². The van der Waals surface area contributed by atoms with Gasteiger partial charge in [-0.25, -0.2) is 9.40 Å². The summed E-state index contributed by atoms with van der Waals surface area (Å²) in [5.74, 6) is -1.76. The van der Waals surface area contributed by atoms with Crippen LogP contribution in [-0.4, -0.2) is 46.0 Å². The molecule has 3 aromatic rings. The summed E-state index contributed by atoms with van der Waals surface area (Å²) >= 11 is 0. The fourth-order valence-electron chi connectivity index (χ4n) is 4.03. The molecule has 0 bridgehead atoms. The second-order valence-electron chi connectivity index (χ2n) is 8.60. The first kappa shape index (κ1) is 26.5. The van der Waals surface area contributed by atoms with E-state index in [4.69, 9.17) is 0 Å². The number of nitrogens with zero attached hydrogens (tertiary/aromatic N) is 4. The van der Waals surface area contributed by atoms with Crippen molar-refractivity contribution in [2.45, 2.75) is 18.6 Å². The molecule has 1 aliphatic heterocycles. The molecule has 0 fully saturated rings. The van der Waals surface area contributed by atoms with Gasteiger partial charge in [-0.15, -0.1) is 0 Å². The topological polar surface area (TPSA) is 96.1 Å². The van der Waals surface area contributed by atoms with E-state index in [2.05, 4.69) is 5.10 Å². The lowest BCUT2D eigenvalue weighted by Crippen LogP contribution is -2.39. The number of amides is 2. The van der Waals surface area contributed by atoms with Crippen LogP contribution < -0.4 is 0 Å². The van der Waals surface area contributed by atoms with Gasteiger partial charge in [0.15, 0.2) is 0 Å². The van der Waals surface area contributed by atoms with Crippen molar-refractivity contribution in [1.82, 2.24) is 9.91 Å². The van der Waals surface area contributed by atoms with E-state index in [9.17, 15) is 37.3 Å². The molecule has 1 atom stereocenters. The average Bonchev–Trinajstić information content (AvgIpc) is 3.34. The molecule has 2 amide bonds. The molecular formula is C26H20F4N4O4. The number of non-ortho nitro benzene ring substituents is 1. The lowest BCUT2D eigenvalue weighted by Gasteiger charge is -2.25. The molecule has 8 nitrogen and oxygen atoms in total. The Morgan fingerprint density at radius 2 is 1.74 bits per heavy atom. The molecule has 0 saturated carbocycles. The third kappa shape index (κ3) is 5.69. The second kappa shape index (κ2) is 10.4. The average molecular weight is 528 g/mol. The van der Waals surface area contributed by atoms with Crippen molar-refractivity contribution in [2.75, 3.05) is 13.6 Å². The molecule has 0 saturated heterocycles. The molecule has 3 aromatic carbocycles. The minimum absolute atomic E-state index is 0.0412. The zero-order valence-electron chi connectivity index (χ0n) is 19.9. The molecule has 0 aromatic heterocycles. The Labute approximate surface area is 213 Å². The Morgan fingerprint density at radius 1 is 1.08 bits per heavy atom. The highest BCUT2D eigenvalue weighted by Crippen LogP contribution is 2.34. The molecular weight excluding hydrogens is 508 g/mol. The fourth-order valence-corrected chi connectivity index (χ4v) is 4.03. The molecule has 1 heterocycles. The highest BCUT2D eigenvalue weighted by atomic mass is 19.4. The maximum Gasteiger partial charge on any atom is 0.416 e. The number of alkyl halides is 3. The summed E-state index contributed by atoms with van der Waals surface area (Å²) in [7, 11) is 1.32. The first-order chi connectivity index (χ1) is 17.9. The highest BCUT2D eigenvalue weighted by Gasteiger charge is 2.35. The summed E-state index contributed by atoms with van der Waals surface area (Å²) in [6.45, 7) is -0.467. The maximum absolute atomic E-state index is 13.4. The van der Waals surface area contributed by atoms with Gasteiger partial charge in [0.1, 0.15) is 12.4 Å². The summed E-state index contributed by atoms with van der Waals surface area (Å²) in [5, 5.41) is 16.8. The second-order valence-corrected chi connectivity index (χ2v) is 8.60. The van der Waals surface area contributed by atoms with Gasteiger partial charge in [0, 0.05) is 31.2 Å². The number of hydrogen-bond acceptors (Lipinski definition) is 5. The number of hydrazone groups is 1. The van der Waals surface area contributed by atoms with Crippen molar-refractivity contribution in [2.24, 2.45) is 5.10 Å². The normalized spacial score (nSPS) is 15.2. The van der Waals surface area contributed by atoms with Crippen molar-refractivity contribution in [3.63, 3.8) is 0 Å². The summed E-state index contributed by atoms with van der Waals surface area (Å²) in [6, 6.07) is 14.1. The van der Waals surface area contributed by atoms with E-state index in [1.54, 1.807) is 6.07 Å². The van der Waals surface area contributed by atoms with Crippen molar-refractivity contribution in [3.8, 4) is 0 Å². The molecule has 0 radical (unpaired) electrons. The van der Waals surface area contributed by atoms with Gasteiger partial charge in [0.25, 0.3) is 17.5 Å². The third-order valence-electron chi connectivity index (χ3n) is 5.99. The van der Waals surface area contributed by atoms with E-state index in [0.717, 1.165) is 34.2 Å². The molecule has 0 unspecified atom stereocenters. The van der Waals surface area contributed by atoms with Gasteiger partial charge in [-0.05, 0) is 47.5 Å². The van der Waals surface area contributed by atoms with Crippen LogP contribution in [0.1, 0.15) is 39.5 Å². The molecule has 4 rings (SSSR count). The van der Waals surface area contributed by atoms with E-state index in [1.165, 1.54) is 49.5 Å². The predicted octanol–water partition coefficient (Wildman–Crippen LogP) is 5.20. The van der Waals surface area contributed by atoms with Gasteiger partial charge in [-0.3, -0.25) is 19.7 Å². The van der Waals surface area contributed by atoms with Crippen LogP contribution in [0.2, 0.25) is 0 Å². The number of carbonyl (C=O) groups excluding carboxylic acids is 2. The van der Waals surface area contributed by atoms with Crippen LogP contribution in [0, 0.1) is 15.9 Å². The summed E-state index contributed by atoms with van der Waals surface area (Å²) in [4.78, 5) is 37.8. The van der Waals surface area contributed by atoms with Crippen LogP contribution in [0.3, 0.4) is 0 Å². The Balaban J connectivity index is 1.58. The van der Waals surface area contributed by atoms with Gasteiger partial charge < -0.3 is 4.90 Å². The van der Waals surface area contributed by atoms with Crippen LogP contribution in [-0.2, 0) is 11.0 Å². The number of rotatable bonds is 6. The first-order valence-electron chi connectivity index (χ1n) is 11.3. The monoisotopic (exact) mass is 528 g/mol. The molecule has 196 valence electrons. The minimum Gasteiger partial charge on any atom is -0.332 e. The lowest BCUT2D eigenvalue weighted by molar-refractivity contribution is -0.385. The Kier molecular flexibility index (Phi) is 7.24. The molecule has 12 heteroatoms. The van der Waals surface area contributed by atoms with Gasteiger partial charge in [-0.1, -0.05) is 24.3 Å². The molecule has 1 aliphatic rings. The lowest BCUT2D eigenvalue weighted by atomic mass is 9.98. The van der Waals surface area contributed by atoms with Crippen LogP contribution in [0.4, 0.5) is 23.2 Å². The van der Waals surface area contributed by atoms with Gasteiger partial charge in [0.05, 0.1) is 22.2 Å². The van der Waals surface area contributed by atoms with Crippen LogP contribution in [0.5, 0.6) is 0 Å². The number of carbonyl (C=O) groups is 2. The maximum atomic E-state index is 13.4. The van der Waals surface area contributed by atoms with Crippen LogP contribution in [0.25, 0.3) is 0 Å². The van der Waals surface area contributed by atoms with Crippen molar-refractivity contribution >= 4 is 23.2 Å². The quantitative estimate of drug-likeness (QED) is 0.250. The van der Waals surface area contributed by atoms with E-state index in [1.807, 2.05) is 0 Å². The zero-order valence-corrected chi connectivity index (χ0v) is 19.9. The van der Waals surface area contributed by atoms with Crippen molar-refractivity contribution in [3.05, 3.63) is 111 Å². The predicted molar refractivity (Wildman–Crippen MR) is 129 cm³/mol. The van der Waals surface area contributed by atoms with Crippen LogP contribution in [0.15, 0.2) is 77.9 Å². The standard InChI is InChI=1S/C26H20F4N4O4/c1-32(25(36)17-5-9-19(10-6-17)26(28,29)30)15-24(35)33-23(18-3-2-4-21(13-18)34(37)38)14-22(31-33)16-7-11-20(27)12-8-16/h2-13,23H,14-15H2,1H3/t23-/m1/s1. The number of benzene rings is 3. The minimum atomic E-state index is -4.55. The summed E-state index contributed by atoms with van der Waals surface area (Å²) in [5.41, 5.74) is 0.288. The highest BCUT2D eigenvalue weighted by molar-refractivity contribution is 6.03. The number of likely N-dealkylation sites (N-methyl/N-ethyl adjacent to an activating group) is 1. The van der Waals surface area contributed by atoms with Gasteiger partial charge in [-0.2, -0.15) is 18.3 Å². The smallest absolute Gasteiger partial charge is 0.332 e. The van der Waals surface area contributed by atoms with E-state index >= 15 is 0 Å². The first-order valence-corrected chi connectivity index (χ1v) is 11.3. The Bertz CT molecular complexity index is 1410. The molecule has 38 heavy (non-hydrogen) atoms. The van der Waals surface area contributed by atoms with E-state index in [-0.39, 0.29) is 17.7 Å². The molecule has 0 spiro atoms. The number of hydrogen-bond donors (Lipinski definition) is 0. The number of halogens is 4. The van der Waals surface area contributed by atoms with Gasteiger partial charge >= 0.3 is 6.18 Å². The number of nitro benzene ring substituents is 1. The van der Waals surface area contributed by atoms with Gasteiger partial charge in [0.2, 0.25) is 0 Å². The summed E-state index contributed by atoms with van der Waals surface area (Å²) in [6.07, 6.45) is -4.38. The zero-order chi connectivity index (χ0) is 27.6. The fraction of sp³-hybridized carbons (Fsp3) is 0.192. The summed E-state index contributed by atoms with van der Waals surface area (Å²) < 4.78 is 51.9. The van der Waals surface area contributed by atoms with Crippen LogP contribution >= 0.6 is 0 Å².